The molecule has 0 saturated heterocycles. The standard InChI is InChI=1S/C15H24N6S/c1-6-16-15(19-9-14-17-7-10(2)22-14)18-8-13-11(3)20-21(5)12(13)4/h7H,6,8-9H2,1-5H3,(H2,16,18,19). The van der Waals surface area contributed by atoms with Gasteiger partial charge in [0.25, 0.3) is 0 Å². The van der Waals surface area contributed by atoms with Crippen molar-refractivity contribution in [2.75, 3.05) is 6.54 Å². The van der Waals surface area contributed by atoms with E-state index < -0.39 is 0 Å². The first-order valence-electron chi connectivity index (χ1n) is 7.43. The Bertz CT molecular complexity index is 655. The van der Waals surface area contributed by atoms with Crippen molar-refractivity contribution < 1.29 is 0 Å². The van der Waals surface area contributed by atoms with Crippen LogP contribution >= 0.6 is 11.3 Å². The van der Waals surface area contributed by atoms with Crippen LogP contribution in [0.5, 0.6) is 0 Å². The first-order valence-corrected chi connectivity index (χ1v) is 8.25. The lowest BCUT2D eigenvalue weighted by Crippen LogP contribution is -2.36. The van der Waals surface area contributed by atoms with Gasteiger partial charge in [-0.2, -0.15) is 5.10 Å². The molecular weight excluding hydrogens is 296 g/mol. The molecule has 0 atom stereocenters. The fraction of sp³-hybridized carbons (Fsp3) is 0.533. The molecule has 2 aromatic rings. The molecule has 2 N–H and O–H groups in total. The lowest BCUT2D eigenvalue weighted by molar-refractivity contribution is 0.730. The Morgan fingerprint density at radius 1 is 1.32 bits per heavy atom. The van der Waals surface area contributed by atoms with Crippen LogP contribution in [-0.2, 0) is 20.1 Å². The zero-order valence-corrected chi connectivity index (χ0v) is 14.7. The Kier molecular flexibility index (Phi) is 5.54. The zero-order valence-electron chi connectivity index (χ0n) is 13.9. The summed E-state index contributed by atoms with van der Waals surface area (Å²) in [6, 6.07) is 0. The predicted molar refractivity (Wildman–Crippen MR) is 91.2 cm³/mol. The summed E-state index contributed by atoms with van der Waals surface area (Å²) in [5.74, 6) is 0.804. The number of hydrogen-bond donors (Lipinski definition) is 2. The summed E-state index contributed by atoms with van der Waals surface area (Å²) in [4.78, 5) is 10.2. The van der Waals surface area contributed by atoms with Crippen LogP contribution in [0.2, 0.25) is 0 Å². The van der Waals surface area contributed by atoms with E-state index in [0.29, 0.717) is 13.1 Å². The average Bonchev–Trinajstić information content (AvgIpc) is 2.99. The van der Waals surface area contributed by atoms with Gasteiger partial charge in [-0.05, 0) is 27.7 Å². The van der Waals surface area contributed by atoms with Gasteiger partial charge >= 0.3 is 0 Å². The Morgan fingerprint density at radius 2 is 2.09 bits per heavy atom. The van der Waals surface area contributed by atoms with E-state index in [1.807, 2.05) is 24.9 Å². The van der Waals surface area contributed by atoms with Crippen molar-refractivity contribution in [3.63, 3.8) is 0 Å². The number of rotatable bonds is 5. The molecule has 2 rings (SSSR count). The number of hydrogen-bond acceptors (Lipinski definition) is 4. The number of aliphatic imine (C=N–C) groups is 1. The van der Waals surface area contributed by atoms with E-state index >= 15 is 0 Å². The third kappa shape index (κ3) is 4.07. The highest BCUT2D eigenvalue weighted by molar-refractivity contribution is 7.11. The highest BCUT2D eigenvalue weighted by Gasteiger charge is 2.09. The number of aryl methyl sites for hydroxylation is 3. The lowest BCUT2D eigenvalue weighted by atomic mass is 10.2. The Morgan fingerprint density at radius 3 is 2.64 bits per heavy atom. The zero-order chi connectivity index (χ0) is 16.1. The first kappa shape index (κ1) is 16.5. The fourth-order valence-corrected chi connectivity index (χ4v) is 2.92. The van der Waals surface area contributed by atoms with Crippen molar-refractivity contribution in [2.45, 2.75) is 40.8 Å². The van der Waals surface area contributed by atoms with Gasteiger partial charge in [0.1, 0.15) is 5.01 Å². The topological polar surface area (TPSA) is 67.1 Å². The van der Waals surface area contributed by atoms with Gasteiger partial charge in [0.2, 0.25) is 0 Å². The van der Waals surface area contributed by atoms with Gasteiger partial charge in [0.15, 0.2) is 5.96 Å². The SMILES string of the molecule is CCNC(=NCc1c(C)nn(C)c1C)NCc1ncc(C)s1. The van der Waals surface area contributed by atoms with Crippen LogP contribution in [0.3, 0.4) is 0 Å². The molecular formula is C15H24N6S. The van der Waals surface area contributed by atoms with E-state index in [9.17, 15) is 0 Å². The van der Waals surface area contributed by atoms with E-state index in [1.165, 1.54) is 10.4 Å². The minimum Gasteiger partial charge on any atom is -0.357 e. The van der Waals surface area contributed by atoms with Crippen LogP contribution < -0.4 is 10.6 Å². The van der Waals surface area contributed by atoms with Gasteiger partial charge in [-0.25, -0.2) is 9.98 Å². The van der Waals surface area contributed by atoms with E-state index in [0.717, 1.165) is 28.9 Å². The molecule has 0 aromatic carbocycles. The van der Waals surface area contributed by atoms with E-state index in [4.69, 9.17) is 0 Å². The Hall–Kier alpha value is -1.89. The molecule has 6 nitrogen and oxygen atoms in total. The molecule has 0 fully saturated rings. The molecule has 0 aliphatic carbocycles. The molecule has 2 heterocycles. The maximum Gasteiger partial charge on any atom is 0.191 e. The van der Waals surface area contributed by atoms with Crippen molar-refractivity contribution in [1.82, 2.24) is 25.4 Å². The molecule has 0 saturated carbocycles. The van der Waals surface area contributed by atoms with E-state index in [-0.39, 0.29) is 0 Å². The summed E-state index contributed by atoms with van der Waals surface area (Å²) >= 11 is 1.70. The van der Waals surface area contributed by atoms with Gasteiger partial charge in [-0.15, -0.1) is 11.3 Å². The van der Waals surface area contributed by atoms with Gasteiger partial charge in [0, 0.05) is 35.9 Å². The second kappa shape index (κ2) is 7.40. The second-order valence-corrected chi connectivity index (χ2v) is 6.51. The summed E-state index contributed by atoms with van der Waals surface area (Å²) in [5, 5.41) is 12.1. The van der Waals surface area contributed by atoms with Crippen molar-refractivity contribution in [3.8, 4) is 0 Å². The van der Waals surface area contributed by atoms with E-state index in [1.54, 1.807) is 11.3 Å². The maximum atomic E-state index is 4.66. The van der Waals surface area contributed by atoms with Crippen molar-refractivity contribution in [2.24, 2.45) is 12.0 Å². The van der Waals surface area contributed by atoms with Crippen LogP contribution in [0.1, 0.15) is 33.8 Å². The first-order chi connectivity index (χ1) is 10.5. The predicted octanol–water partition coefficient (Wildman–Crippen LogP) is 2.06. The summed E-state index contributed by atoms with van der Waals surface area (Å²) in [6.07, 6.45) is 1.90. The highest BCUT2D eigenvalue weighted by Crippen LogP contribution is 2.13. The van der Waals surface area contributed by atoms with Crippen molar-refractivity contribution in [3.05, 3.63) is 33.0 Å². The second-order valence-electron chi connectivity index (χ2n) is 5.19. The van der Waals surface area contributed by atoms with Crippen molar-refractivity contribution >= 4 is 17.3 Å². The smallest absolute Gasteiger partial charge is 0.191 e. The molecule has 0 amide bonds. The summed E-state index contributed by atoms with van der Waals surface area (Å²) in [7, 11) is 1.96. The average molecular weight is 320 g/mol. The quantitative estimate of drug-likeness (QED) is 0.654. The molecule has 120 valence electrons. The van der Waals surface area contributed by atoms with Gasteiger partial charge in [0.05, 0.1) is 18.8 Å². The number of aromatic nitrogens is 3. The van der Waals surface area contributed by atoms with Gasteiger partial charge in [-0.3, -0.25) is 4.68 Å². The van der Waals surface area contributed by atoms with Crippen LogP contribution in [0.15, 0.2) is 11.2 Å². The molecule has 7 heteroatoms. The molecule has 2 aromatic heterocycles. The molecule has 0 unspecified atom stereocenters. The number of thiazole rings is 1. The van der Waals surface area contributed by atoms with Crippen LogP contribution in [-0.4, -0.2) is 27.3 Å². The summed E-state index contributed by atoms with van der Waals surface area (Å²) in [5.41, 5.74) is 3.38. The Balaban J connectivity index is 2.03. The van der Waals surface area contributed by atoms with Crippen LogP contribution in [0.4, 0.5) is 0 Å². The summed E-state index contributed by atoms with van der Waals surface area (Å²) < 4.78 is 1.90. The highest BCUT2D eigenvalue weighted by atomic mass is 32.1. The molecule has 0 spiro atoms. The monoisotopic (exact) mass is 320 g/mol. The fourth-order valence-electron chi connectivity index (χ4n) is 2.19. The van der Waals surface area contributed by atoms with Crippen molar-refractivity contribution in [1.29, 1.82) is 0 Å². The number of nitrogens with zero attached hydrogens (tertiary/aromatic N) is 4. The van der Waals surface area contributed by atoms with E-state index in [2.05, 4.69) is 46.5 Å². The maximum absolute atomic E-state index is 4.66. The third-order valence-corrected chi connectivity index (χ3v) is 4.39. The molecule has 0 aliphatic heterocycles. The normalized spacial score (nSPS) is 11.8. The molecule has 0 bridgehead atoms. The summed E-state index contributed by atoms with van der Waals surface area (Å²) in [6.45, 7) is 10.4. The largest absolute Gasteiger partial charge is 0.357 e. The van der Waals surface area contributed by atoms with Gasteiger partial charge in [-0.1, -0.05) is 0 Å². The third-order valence-electron chi connectivity index (χ3n) is 3.47. The minimum absolute atomic E-state index is 0.623. The minimum atomic E-state index is 0.623. The number of nitrogens with one attached hydrogen (secondary N) is 2. The Labute approximate surface area is 135 Å². The van der Waals surface area contributed by atoms with Gasteiger partial charge < -0.3 is 10.6 Å². The molecule has 0 aliphatic rings. The molecule has 0 radical (unpaired) electrons. The van der Waals surface area contributed by atoms with Crippen LogP contribution in [0, 0.1) is 20.8 Å². The van der Waals surface area contributed by atoms with Crippen LogP contribution in [0.25, 0.3) is 0 Å². The lowest BCUT2D eigenvalue weighted by Gasteiger charge is -2.10. The number of guanidine groups is 1. The molecule has 22 heavy (non-hydrogen) atoms.